The Kier molecular flexibility index (Phi) is 4.72. The summed E-state index contributed by atoms with van der Waals surface area (Å²) in [5, 5.41) is 9.44. The van der Waals surface area contributed by atoms with Crippen molar-refractivity contribution in [2.45, 2.75) is 13.3 Å². The predicted molar refractivity (Wildman–Crippen MR) is 65.5 cm³/mol. The molecule has 3 N–H and O–H groups in total. The molecule has 0 amide bonds. The molecule has 0 aliphatic heterocycles. The first kappa shape index (κ1) is 12.1. The second-order valence-corrected chi connectivity index (χ2v) is 3.80. The fourth-order valence-electron chi connectivity index (χ4n) is 1.52. The molecule has 1 rings (SSSR count). The minimum Gasteiger partial charge on any atom is -0.397 e. The molecule has 0 fully saturated rings. The van der Waals surface area contributed by atoms with Crippen molar-refractivity contribution in [1.29, 1.82) is 0 Å². The molecule has 0 aromatic heterocycles. The SMILES string of the molecule is CCN(CCCO)c1ccc(Cl)cc1N. The molecule has 0 saturated carbocycles. The van der Waals surface area contributed by atoms with Crippen LogP contribution in [0, 0.1) is 0 Å². The summed E-state index contributed by atoms with van der Waals surface area (Å²) in [6, 6.07) is 5.49. The van der Waals surface area contributed by atoms with Gasteiger partial charge in [0.1, 0.15) is 0 Å². The van der Waals surface area contributed by atoms with Crippen LogP contribution in [0.25, 0.3) is 0 Å². The molecule has 0 spiro atoms. The van der Waals surface area contributed by atoms with Gasteiger partial charge in [0.25, 0.3) is 0 Å². The number of aliphatic hydroxyl groups excluding tert-OH is 1. The largest absolute Gasteiger partial charge is 0.397 e. The van der Waals surface area contributed by atoms with Crippen LogP contribution in [0.4, 0.5) is 11.4 Å². The van der Waals surface area contributed by atoms with Crippen LogP contribution in [0.15, 0.2) is 18.2 Å². The van der Waals surface area contributed by atoms with E-state index < -0.39 is 0 Å². The van der Waals surface area contributed by atoms with Gasteiger partial charge in [-0.25, -0.2) is 0 Å². The van der Waals surface area contributed by atoms with Crippen LogP contribution in [0.1, 0.15) is 13.3 Å². The third-order valence-corrected chi connectivity index (χ3v) is 2.53. The molecule has 0 aliphatic rings. The first-order chi connectivity index (χ1) is 7.19. The van der Waals surface area contributed by atoms with Gasteiger partial charge in [-0.3, -0.25) is 0 Å². The zero-order valence-electron chi connectivity index (χ0n) is 8.91. The van der Waals surface area contributed by atoms with Gasteiger partial charge in [0.2, 0.25) is 0 Å². The van der Waals surface area contributed by atoms with Crippen LogP contribution in [0.2, 0.25) is 5.02 Å². The number of nitrogens with two attached hydrogens (primary N) is 1. The van der Waals surface area contributed by atoms with E-state index in [-0.39, 0.29) is 6.61 Å². The van der Waals surface area contributed by atoms with Crippen molar-refractivity contribution >= 4 is 23.0 Å². The fourth-order valence-corrected chi connectivity index (χ4v) is 1.70. The second-order valence-electron chi connectivity index (χ2n) is 3.36. The van der Waals surface area contributed by atoms with E-state index in [0.29, 0.717) is 10.7 Å². The molecule has 0 unspecified atom stereocenters. The molecule has 1 aromatic rings. The second kappa shape index (κ2) is 5.83. The maximum absolute atomic E-state index is 8.79. The quantitative estimate of drug-likeness (QED) is 0.760. The summed E-state index contributed by atoms with van der Waals surface area (Å²) in [5.41, 5.74) is 7.55. The number of halogens is 1. The number of hydrogen-bond donors (Lipinski definition) is 2. The Hall–Kier alpha value is -0.930. The first-order valence-corrected chi connectivity index (χ1v) is 5.47. The lowest BCUT2D eigenvalue weighted by Crippen LogP contribution is -2.25. The van der Waals surface area contributed by atoms with Crippen molar-refractivity contribution in [3.8, 4) is 0 Å². The standard InChI is InChI=1S/C11H17ClN2O/c1-2-14(6-3-7-15)11-5-4-9(12)8-10(11)13/h4-5,8,15H,2-3,6-7,13H2,1H3. The van der Waals surface area contributed by atoms with Crippen molar-refractivity contribution in [3.63, 3.8) is 0 Å². The molecular weight excluding hydrogens is 212 g/mol. The number of nitrogen functional groups attached to an aromatic ring is 1. The Morgan fingerprint density at radius 2 is 2.20 bits per heavy atom. The van der Waals surface area contributed by atoms with E-state index in [4.69, 9.17) is 22.4 Å². The van der Waals surface area contributed by atoms with Crippen LogP contribution in [-0.2, 0) is 0 Å². The Labute approximate surface area is 95.5 Å². The first-order valence-electron chi connectivity index (χ1n) is 5.10. The summed E-state index contributed by atoms with van der Waals surface area (Å²) in [7, 11) is 0. The van der Waals surface area contributed by atoms with E-state index >= 15 is 0 Å². The predicted octanol–water partition coefficient (Wildman–Crippen LogP) is 2.13. The molecule has 84 valence electrons. The molecule has 4 heteroatoms. The van der Waals surface area contributed by atoms with Crippen molar-refractivity contribution < 1.29 is 5.11 Å². The highest BCUT2D eigenvalue weighted by atomic mass is 35.5. The van der Waals surface area contributed by atoms with E-state index in [1.54, 1.807) is 6.07 Å². The van der Waals surface area contributed by atoms with Crippen molar-refractivity contribution in [3.05, 3.63) is 23.2 Å². The van der Waals surface area contributed by atoms with Gasteiger partial charge in [0, 0.05) is 24.7 Å². The van der Waals surface area contributed by atoms with Crippen LogP contribution < -0.4 is 10.6 Å². The average Bonchev–Trinajstić information content (AvgIpc) is 2.21. The monoisotopic (exact) mass is 228 g/mol. The number of nitrogens with zero attached hydrogens (tertiary/aromatic N) is 1. The molecule has 0 atom stereocenters. The Morgan fingerprint density at radius 3 is 2.73 bits per heavy atom. The maximum Gasteiger partial charge on any atom is 0.0600 e. The summed E-state index contributed by atoms with van der Waals surface area (Å²) in [5.74, 6) is 0. The van der Waals surface area contributed by atoms with E-state index in [0.717, 1.165) is 25.2 Å². The van der Waals surface area contributed by atoms with Gasteiger partial charge in [-0.05, 0) is 31.5 Å². The van der Waals surface area contributed by atoms with Crippen LogP contribution in [0.5, 0.6) is 0 Å². The lowest BCUT2D eigenvalue weighted by molar-refractivity contribution is 0.289. The Balaban J connectivity index is 2.81. The van der Waals surface area contributed by atoms with Gasteiger partial charge < -0.3 is 15.7 Å². The molecular formula is C11H17ClN2O. The van der Waals surface area contributed by atoms with E-state index in [9.17, 15) is 0 Å². The maximum atomic E-state index is 8.79. The highest BCUT2D eigenvalue weighted by Crippen LogP contribution is 2.26. The van der Waals surface area contributed by atoms with Gasteiger partial charge in [-0.2, -0.15) is 0 Å². The molecule has 0 aliphatic carbocycles. The lowest BCUT2D eigenvalue weighted by atomic mass is 10.2. The van der Waals surface area contributed by atoms with E-state index in [1.807, 2.05) is 12.1 Å². The third kappa shape index (κ3) is 3.29. The molecule has 1 aromatic carbocycles. The van der Waals surface area contributed by atoms with Crippen molar-refractivity contribution in [2.75, 3.05) is 30.3 Å². The normalized spacial score (nSPS) is 10.3. The Morgan fingerprint density at radius 1 is 1.47 bits per heavy atom. The smallest absolute Gasteiger partial charge is 0.0600 e. The van der Waals surface area contributed by atoms with E-state index in [1.165, 1.54) is 0 Å². The van der Waals surface area contributed by atoms with E-state index in [2.05, 4.69) is 11.8 Å². The number of benzene rings is 1. The number of anilines is 2. The zero-order chi connectivity index (χ0) is 11.3. The van der Waals surface area contributed by atoms with Gasteiger partial charge >= 0.3 is 0 Å². The Bertz CT molecular complexity index is 317. The van der Waals surface area contributed by atoms with Crippen molar-refractivity contribution in [1.82, 2.24) is 0 Å². The van der Waals surface area contributed by atoms with Gasteiger partial charge in [-0.15, -0.1) is 0 Å². The molecule has 0 bridgehead atoms. The summed E-state index contributed by atoms with van der Waals surface area (Å²) in [6.45, 7) is 3.93. The summed E-state index contributed by atoms with van der Waals surface area (Å²) in [4.78, 5) is 2.13. The molecule has 0 heterocycles. The lowest BCUT2D eigenvalue weighted by Gasteiger charge is -2.24. The minimum atomic E-state index is 0.198. The topological polar surface area (TPSA) is 49.5 Å². The highest BCUT2D eigenvalue weighted by molar-refractivity contribution is 6.31. The third-order valence-electron chi connectivity index (χ3n) is 2.30. The molecule has 3 nitrogen and oxygen atoms in total. The molecule has 15 heavy (non-hydrogen) atoms. The number of hydrogen-bond acceptors (Lipinski definition) is 3. The molecule has 0 radical (unpaired) electrons. The summed E-state index contributed by atoms with van der Waals surface area (Å²) >= 11 is 5.83. The summed E-state index contributed by atoms with van der Waals surface area (Å²) in [6.07, 6.45) is 0.746. The summed E-state index contributed by atoms with van der Waals surface area (Å²) < 4.78 is 0. The minimum absolute atomic E-state index is 0.198. The zero-order valence-corrected chi connectivity index (χ0v) is 9.67. The van der Waals surface area contributed by atoms with Gasteiger partial charge in [0.15, 0.2) is 0 Å². The number of aliphatic hydroxyl groups is 1. The molecule has 0 saturated heterocycles. The van der Waals surface area contributed by atoms with Crippen LogP contribution >= 0.6 is 11.6 Å². The number of rotatable bonds is 5. The van der Waals surface area contributed by atoms with Gasteiger partial charge in [-0.1, -0.05) is 11.6 Å². The van der Waals surface area contributed by atoms with Crippen molar-refractivity contribution in [2.24, 2.45) is 0 Å². The fraction of sp³-hybridized carbons (Fsp3) is 0.455. The average molecular weight is 229 g/mol. The van der Waals surface area contributed by atoms with Crippen LogP contribution in [-0.4, -0.2) is 24.8 Å². The van der Waals surface area contributed by atoms with Crippen LogP contribution in [0.3, 0.4) is 0 Å². The van der Waals surface area contributed by atoms with Gasteiger partial charge in [0.05, 0.1) is 11.4 Å². The highest BCUT2D eigenvalue weighted by Gasteiger charge is 2.07.